The third kappa shape index (κ3) is 2.70. The van der Waals surface area contributed by atoms with Crippen LogP contribution in [0.5, 0.6) is 5.75 Å². The molecule has 0 heterocycles. The van der Waals surface area contributed by atoms with Crippen molar-refractivity contribution in [3.63, 3.8) is 0 Å². The molecule has 0 saturated heterocycles. The van der Waals surface area contributed by atoms with Crippen molar-refractivity contribution in [2.75, 3.05) is 7.11 Å². The molecule has 0 radical (unpaired) electrons. The van der Waals surface area contributed by atoms with Crippen molar-refractivity contribution in [2.45, 2.75) is 12.1 Å². The standard InChI is InChI=1S/C14H11F3O2/c1-19-12-5-4-9-6-11(3-2-10(9)7-12)13(8-18)14(15,16)17/h2-8,13H,1H3. The molecule has 0 aromatic heterocycles. The number of benzene rings is 2. The summed E-state index contributed by atoms with van der Waals surface area (Å²) in [7, 11) is 1.52. The first kappa shape index (κ1) is 13.4. The molecule has 0 amide bonds. The Morgan fingerprint density at radius 3 is 2.32 bits per heavy atom. The van der Waals surface area contributed by atoms with Gasteiger partial charge in [-0.15, -0.1) is 0 Å². The molecule has 100 valence electrons. The molecule has 0 aliphatic rings. The van der Waals surface area contributed by atoms with Crippen LogP contribution in [0.3, 0.4) is 0 Å². The van der Waals surface area contributed by atoms with Gasteiger partial charge in [-0.3, -0.25) is 0 Å². The SMILES string of the molecule is COc1ccc2cc(C(C=O)C(F)(F)F)ccc2c1. The summed E-state index contributed by atoms with van der Waals surface area (Å²) in [6.45, 7) is 0. The van der Waals surface area contributed by atoms with Crippen molar-refractivity contribution in [3.8, 4) is 5.75 Å². The molecule has 0 fully saturated rings. The van der Waals surface area contributed by atoms with E-state index < -0.39 is 12.1 Å². The number of methoxy groups -OCH3 is 1. The maximum Gasteiger partial charge on any atom is 0.402 e. The summed E-state index contributed by atoms with van der Waals surface area (Å²) in [4.78, 5) is 10.6. The highest BCUT2D eigenvalue weighted by atomic mass is 19.4. The van der Waals surface area contributed by atoms with Gasteiger partial charge in [-0.2, -0.15) is 13.2 Å². The summed E-state index contributed by atoms with van der Waals surface area (Å²) >= 11 is 0. The molecule has 19 heavy (non-hydrogen) atoms. The lowest BCUT2D eigenvalue weighted by Gasteiger charge is -2.15. The molecule has 2 rings (SSSR count). The third-order valence-electron chi connectivity index (χ3n) is 2.92. The number of hydrogen-bond donors (Lipinski definition) is 0. The van der Waals surface area contributed by atoms with Gasteiger partial charge in [-0.25, -0.2) is 0 Å². The summed E-state index contributed by atoms with van der Waals surface area (Å²) in [5, 5.41) is 1.39. The van der Waals surface area contributed by atoms with Crippen LogP contribution in [0.1, 0.15) is 11.5 Å². The molecule has 0 saturated carbocycles. The Labute approximate surface area is 107 Å². The molecule has 1 unspecified atom stereocenters. The Morgan fingerprint density at radius 1 is 1.11 bits per heavy atom. The van der Waals surface area contributed by atoms with Crippen LogP contribution in [0.25, 0.3) is 10.8 Å². The number of carbonyl (C=O) groups is 1. The maximum atomic E-state index is 12.7. The molecule has 2 nitrogen and oxygen atoms in total. The van der Waals surface area contributed by atoms with E-state index in [1.54, 1.807) is 24.3 Å². The second kappa shape index (κ2) is 4.91. The van der Waals surface area contributed by atoms with Gasteiger partial charge in [-0.05, 0) is 28.5 Å². The van der Waals surface area contributed by atoms with Crippen molar-refractivity contribution < 1.29 is 22.7 Å². The van der Waals surface area contributed by atoms with Crippen LogP contribution in [0.4, 0.5) is 13.2 Å². The zero-order chi connectivity index (χ0) is 14.0. The van der Waals surface area contributed by atoms with E-state index in [9.17, 15) is 18.0 Å². The van der Waals surface area contributed by atoms with E-state index in [1.165, 1.54) is 19.2 Å². The predicted molar refractivity (Wildman–Crippen MR) is 65.4 cm³/mol. The summed E-state index contributed by atoms with van der Waals surface area (Å²) < 4.78 is 43.1. The molecule has 1 atom stereocenters. The Hall–Kier alpha value is -2.04. The highest BCUT2D eigenvalue weighted by Crippen LogP contribution is 2.34. The third-order valence-corrected chi connectivity index (χ3v) is 2.92. The molecule has 2 aromatic carbocycles. The Bertz CT molecular complexity index is 605. The number of alkyl halides is 3. The lowest BCUT2D eigenvalue weighted by molar-refractivity contribution is -0.155. The molecule has 0 aliphatic heterocycles. The Morgan fingerprint density at radius 2 is 1.74 bits per heavy atom. The van der Waals surface area contributed by atoms with E-state index in [4.69, 9.17) is 4.74 Å². The van der Waals surface area contributed by atoms with Crippen LogP contribution in [-0.2, 0) is 4.79 Å². The fraction of sp³-hybridized carbons (Fsp3) is 0.214. The number of fused-ring (bicyclic) bond motifs is 1. The first-order valence-corrected chi connectivity index (χ1v) is 5.55. The molecular formula is C14H11F3O2. The highest BCUT2D eigenvalue weighted by Gasteiger charge is 2.40. The minimum Gasteiger partial charge on any atom is -0.497 e. The van der Waals surface area contributed by atoms with Crippen LogP contribution < -0.4 is 4.74 Å². The molecule has 0 bridgehead atoms. The predicted octanol–water partition coefficient (Wildman–Crippen LogP) is 3.69. The van der Waals surface area contributed by atoms with Gasteiger partial charge in [0.25, 0.3) is 0 Å². The summed E-state index contributed by atoms with van der Waals surface area (Å²) in [6, 6.07) is 9.29. The molecule has 0 aliphatic carbocycles. The summed E-state index contributed by atoms with van der Waals surface area (Å²) in [6.07, 6.45) is -4.65. The second-order valence-electron chi connectivity index (χ2n) is 4.13. The Balaban J connectivity index is 2.49. The lowest BCUT2D eigenvalue weighted by Crippen LogP contribution is -2.21. The fourth-order valence-corrected chi connectivity index (χ4v) is 1.91. The topological polar surface area (TPSA) is 26.3 Å². The molecule has 2 aromatic rings. The van der Waals surface area contributed by atoms with Crippen molar-refractivity contribution in [2.24, 2.45) is 0 Å². The minimum atomic E-state index is -4.57. The second-order valence-corrected chi connectivity index (χ2v) is 4.13. The number of carbonyl (C=O) groups excluding carboxylic acids is 1. The largest absolute Gasteiger partial charge is 0.497 e. The Kier molecular flexibility index (Phi) is 3.46. The van der Waals surface area contributed by atoms with Gasteiger partial charge in [0.05, 0.1) is 7.11 Å². The number of rotatable bonds is 3. The van der Waals surface area contributed by atoms with Crippen LogP contribution in [-0.4, -0.2) is 19.6 Å². The summed E-state index contributed by atoms with van der Waals surface area (Å²) in [5.74, 6) is -1.46. The van der Waals surface area contributed by atoms with Gasteiger partial charge in [-0.1, -0.05) is 24.3 Å². The summed E-state index contributed by atoms with van der Waals surface area (Å²) in [5.41, 5.74) is -0.0554. The zero-order valence-corrected chi connectivity index (χ0v) is 10.1. The molecule has 5 heteroatoms. The van der Waals surface area contributed by atoms with Gasteiger partial charge in [0, 0.05) is 0 Å². The number of halogens is 3. The smallest absolute Gasteiger partial charge is 0.402 e. The quantitative estimate of drug-likeness (QED) is 0.793. The van der Waals surface area contributed by atoms with E-state index >= 15 is 0 Å². The van der Waals surface area contributed by atoms with Crippen LogP contribution in [0, 0.1) is 0 Å². The molecule has 0 N–H and O–H groups in total. The van der Waals surface area contributed by atoms with E-state index in [0.717, 1.165) is 5.39 Å². The van der Waals surface area contributed by atoms with E-state index in [-0.39, 0.29) is 11.8 Å². The van der Waals surface area contributed by atoms with Crippen LogP contribution >= 0.6 is 0 Å². The van der Waals surface area contributed by atoms with Gasteiger partial charge in [0.1, 0.15) is 18.0 Å². The number of aldehydes is 1. The average molecular weight is 268 g/mol. The van der Waals surface area contributed by atoms with Crippen molar-refractivity contribution in [1.29, 1.82) is 0 Å². The van der Waals surface area contributed by atoms with Crippen molar-refractivity contribution in [1.82, 2.24) is 0 Å². The zero-order valence-electron chi connectivity index (χ0n) is 10.1. The maximum absolute atomic E-state index is 12.7. The van der Waals surface area contributed by atoms with Gasteiger partial charge < -0.3 is 9.53 Å². The van der Waals surface area contributed by atoms with Crippen LogP contribution in [0.2, 0.25) is 0 Å². The van der Waals surface area contributed by atoms with Crippen molar-refractivity contribution >= 4 is 17.1 Å². The average Bonchev–Trinajstić information content (AvgIpc) is 2.37. The first-order valence-electron chi connectivity index (χ1n) is 5.55. The van der Waals surface area contributed by atoms with Gasteiger partial charge in [0.2, 0.25) is 0 Å². The van der Waals surface area contributed by atoms with E-state index in [0.29, 0.717) is 11.1 Å². The van der Waals surface area contributed by atoms with Crippen molar-refractivity contribution in [3.05, 3.63) is 42.0 Å². The van der Waals surface area contributed by atoms with Gasteiger partial charge >= 0.3 is 6.18 Å². The lowest BCUT2D eigenvalue weighted by atomic mass is 9.97. The monoisotopic (exact) mass is 268 g/mol. The number of ether oxygens (including phenoxy) is 1. The minimum absolute atomic E-state index is 0.0554. The normalized spacial score (nSPS) is 13.3. The van der Waals surface area contributed by atoms with Crippen LogP contribution in [0.15, 0.2) is 36.4 Å². The highest BCUT2D eigenvalue weighted by molar-refractivity contribution is 5.85. The fourth-order valence-electron chi connectivity index (χ4n) is 1.91. The first-order chi connectivity index (χ1) is 8.95. The molecular weight excluding hydrogens is 257 g/mol. The number of hydrogen-bond acceptors (Lipinski definition) is 2. The van der Waals surface area contributed by atoms with Gasteiger partial charge in [0.15, 0.2) is 0 Å². The molecule has 0 spiro atoms. The van der Waals surface area contributed by atoms with E-state index in [1.807, 2.05) is 0 Å². The van der Waals surface area contributed by atoms with E-state index in [2.05, 4.69) is 0 Å².